The molecule has 0 spiro atoms. The summed E-state index contributed by atoms with van der Waals surface area (Å²) in [6, 6.07) is 28.0. The van der Waals surface area contributed by atoms with Gasteiger partial charge in [-0.3, -0.25) is 14.4 Å². The summed E-state index contributed by atoms with van der Waals surface area (Å²) in [5.41, 5.74) is 3.73. The summed E-state index contributed by atoms with van der Waals surface area (Å²) in [5, 5.41) is 8.19. The molecule has 0 aromatic heterocycles. The smallest absolute Gasteiger partial charge is 0.338 e. The lowest BCUT2D eigenvalue weighted by Crippen LogP contribution is -2.39. The van der Waals surface area contributed by atoms with Gasteiger partial charge in [0.2, 0.25) is 15.9 Å². The second-order valence-corrected chi connectivity index (χ2v) is 11.8. The number of primary sulfonamides is 1. The van der Waals surface area contributed by atoms with Gasteiger partial charge in [0.15, 0.2) is 12.4 Å². The number of esters is 1. The van der Waals surface area contributed by atoms with Gasteiger partial charge in [0.05, 0.1) is 28.6 Å². The molecule has 1 fully saturated rings. The molecule has 44 heavy (non-hydrogen) atoms. The van der Waals surface area contributed by atoms with Crippen LogP contribution in [0.3, 0.4) is 0 Å². The Morgan fingerprint density at radius 3 is 2.07 bits per heavy atom. The fourth-order valence-corrected chi connectivity index (χ4v) is 5.34. The summed E-state index contributed by atoms with van der Waals surface area (Å²) >= 11 is 0. The number of carbonyl (C=O) groups is 4. The van der Waals surface area contributed by atoms with Crippen LogP contribution in [0.15, 0.2) is 108 Å². The molecule has 2 amide bonds. The molecule has 11 heteroatoms. The highest BCUT2D eigenvalue weighted by Crippen LogP contribution is 2.24. The molecular formula is C33H29N3O7S. The standard InChI is InChI=1S/C33H29N3O7S/c34-44(41,42)28-16-6-22(7-17-28)18-19-35-29-20-31(38)36(32(29)39)27-14-12-26(13-15-27)33(40)43-21-30(37)25-10-8-24(9-11-25)23-4-2-1-3-5-23/h1-17,29,35H,18-21H2,(H2,34,41,42). The first kappa shape index (κ1) is 30.5. The van der Waals surface area contributed by atoms with Crippen molar-refractivity contribution in [2.45, 2.75) is 23.8 Å². The fraction of sp³-hybridized carbons (Fsp3) is 0.152. The zero-order valence-corrected chi connectivity index (χ0v) is 24.3. The van der Waals surface area contributed by atoms with Crippen LogP contribution in [0.1, 0.15) is 32.7 Å². The number of nitrogens with two attached hydrogens (primary N) is 1. The number of imide groups is 1. The number of anilines is 1. The number of sulfonamides is 1. The molecule has 1 unspecified atom stereocenters. The monoisotopic (exact) mass is 611 g/mol. The van der Waals surface area contributed by atoms with Gasteiger partial charge in [-0.05, 0) is 66.1 Å². The molecule has 5 rings (SSSR count). The Bertz CT molecular complexity index is 1790. The molecule has 0 saturated carbocycles. The van der Waals surface area contributed by atoms with Crippen LogP contribution in [0.4, 0.5) is 5.69 Å². The number of hydrogen-bond donors (Lipinski definition) is 2. The van der Waals surface area contributed by atoms with E-state index >= 15 is 0 Å². The van der Waals surface area contributed by atoms with E-state index in [-0.39, 0.29) is 28.6 Å². The van der Waals surface area contributed by atoms with Gasteiger partial charge < -0.3 is 10.1 Å². The van der Waals surface area contributed by atoms with E-state index in [2.05, 4.69) is 5.32 Å². The Hall–Kier alpha value is -4.97. The van der Waals surface area contributed by atoms with Crippen molar-refractivity contribution in [3.63, 3.8) is 0 Å². The third-order valence-corrected chi connectivity index (χ3v) is 8.14. The van der Waals surface area contributed by atoms with E-state index < -0.39 is 34.5 Å². The molecule has 3 N–H and O–H groups in total. The molecule has 1 saturated heterocycles. The Morgan fingerprint density at radius 1 is 0.818 bits per heavy atom. The normalized spacial score (nSPS) is 14.9. The number of carbonyl (C=O) groups excluding carboxylic acids is 4. The molecule has 1 heterocycles. The zero-order valence-electron chi connectivity index (χ0n) is 23.5. The lowest BCUT2D eigenvalue weighted by molar-refractivity contribution is -0.121. The Balaban J connectivity index is 1.11. The highest BCUT2D eigenvalue weighted by atomic mass is 32.2. The van der Waals surface area contributed by atoms with Gasteiger partial charge in [-0.15, -0.1) is 0 Å². The van der Waals surface area contributed by atoms with Crippen molar-refractivity contribution in [2.75, 3.05) is 18.1 Å². The molecule has 0 bridgehead atoms. The first-order valence-electron chi connectivity index (χ1n) is 13.8. The van der Waals surface area contributed by atoms with E-state index in [9.17, 15) is 27.6 Å². The van der Waals surface area contributed by atoms with Crippen molar-refractivity contribution in [1.82, 2.24) is 5.32 Å². The summed E-state index contributed by atoms with van der Waals surface area (Å²) in [4.78, 5) is 51.9. The molecule has 10 nitrogen and oxygen atoms in total. The summed E-state index contributed by atoms with van der Waals surface area (Å²) in [6.07, 6.45) is 0.475. The second-order valence-electron chi connectivity index (χ2n) is 10.2. The maximum absolute atomic E-state index is 13.0. The maximum Gasteiger partial charge on any atom is 0.338 e. The van der Waals surface area contributed by atoms with Crippen LogP contribution in [0.2, 0.25) is 0 Å². The van der Waals surface area contributed by atoms with E-state index in [1.54, 1.807) is 24.3 Å². The lowest BCUT2D eigenvalue weighted by atomic mass is 10.0. The summed E-state index contributed by atoms with van der Waals surface area (Å²) in [5.74, 6) is -1.86. The molecule has 4 aromatic carbocycles. The van der Waals surface area contributed by atoms with E-state index in [1.165, 1.54) is 36.4 Å². The van der Waals surface area contributed by atoms with Crippen LogP contribution in [0.5, 0.6) is 0 Å². The predicted octanol–water partition coefficient (Wildman–Crippen LogP) is 3.50. The lowest BCUT2D eigenvalue weighted by Gasteiger charge is -2.16. The van der Waals surface area contributed by atoms with Crippen LogP contribution < -0.4 is 15.4 Å². The summed E-state index contributed by atoms with van der Waals surface area (Å²) in [6.45, 7) is -0.0507. The van der Waals surface area contributed by atoms with Crippen molar-refractivity contribution >= 4 is 39.3 Å². The van der Waals surface area contributed by atoms with Crippen LogP contribution in [-0.4, -0.2) is 51.2 Å². The molecular weight excluding hydrogens is 582 g/mol. The van der Waals surface area contributed by atoms with Gasteiger partial charge >= 0.3 is 5.97 Å². The molecule has 1 aliphatic heterocycles. The average Bonchev–Trinajstić information content (AvgIpc) is 3.32. The van der Waals surface area contributed by atoms with Crippen molar-refractivity contribution in [2.24, 2.45) is 5.14 Å². The molecule has 0 aliphatic carbocycles. The topological polar surface area (TPSA) is 153 Å². The predicted molar refractivity (Wildman–Crippen MR) is 163 cm³/mol. The third kappa shape index (κ3) is 7.14. The molecule has 1 atom stereocenters. The number of hydrogen-bond acceptors (Lipinski definition) is 8. The number of nitrogens with one attached hydrogen (secondary N) is 1. The van der Waals surface area contributed by atoms with Crippen molar-refractivity contribution in [3.05, 3.63) is 120 Å². The first-order chi connectivity index (χ1) is 21.1. The SMILES string of the molecule is NS(=O)(=O)c1ccc(CCNC2CC(=O)N(c3ccc(C(=O)OCC(=O)c4ccc(-c5ccccc5)cc4)cc3)C2=O)cc1. The number of nitrogens with zero attached hydrogens (tertiary/aromatic N) is 1. The quantitative estimate of drug-likeness (QED) is 0.149. The summed E-state index contributed by atoms with van der Waals surface area (Å²) in [7, 11) is -3.78. The van der Waals surface area contributed by atoms with Crippen molar-refractivity contribution in [1.29, 1.82) is 0 Å². The van der Waals surface area contributed by atoms with Gasteiger partial charge in [-0.1, -0.05) is 66.7 Å². The number of Topliss-reactive ketones (excluding diaryl/α,β-unsaturated/α-hetero) is 1. The highest BCUT2D eigenvalue weighted by Gasteiger charge is 2.39. The molecule has 1 aliphatic rings. The third-order valence-electron chi connectivity index (χ3n) is 7.21. The Labute approximate surface area is 254 Å². The molecule has 0 radical (unpaired) electrons. The Kier molecular flexibility index (Phi) is 9.09. The maximum atomic E-state index is 13.0. The van der Waals surface area contributed by atoms with Gasteiger partial charge in [0, 0.05) is 5.56 Å². The van der Waals surface area contributed by atoms with Gasteiger partial charge in [-0.25, -0.2) is 23.3 Å². The minimum Gasteiger partial charge on any atom is -0.454 e. The average molecular weight is 612 g/mol. The first-order valence-corrected chi connectivity index (χ1v) is 15.3. The second kappa shape index (κ2) is 13.1. The zero-order chi connectivity index (χ0) is 31.3. The minimum atomic E-state index is -3.78. The number of rotatable bonds is 11. The van der Waals surface area contributed by atoms with Gasteiger partial charge in [0.25, 0.3) is 5.91 Å². The number of amides is 2. The van der Waals surface area contributed by atoms with E-state index in [0.29, 0.717) is 24.2 Å². The fourth-order valence-electron chi connectivity index (χ4n) is 4.82. The number of benzene rings is 4. The number of ether oxygens (including phenoxy) is 1. The van der Waals surface area contributed by atoms with Gasteiger partial charge in [0.1, 0.15) is 0 Å². The van der Waals surface area contributed by atoms with Crippen molar-refractivity contribution < 1.29 is 32.3 Å². The highest BCUT2D eigenvalue weighted by molar-refractivity contribution is 7.89. The van der Waals surface area contributed by atoms with Crippen LogP contribution >= 0.6 is 0 Å². The summed E-state index contributed by atoms with van der Waals surface area (Å²) < 4.78 is 28.0. The largest absolute Gasteiger partial charge is 0.454 e. The minimum absolute atomic E-state index is 0.0131. The van der Waals surface area contributed by atoms with Crippen LogP contribution in [0, 0.1) is 0 Å². The Morgan fingerprint density at radius 2 is 1.43 bits per heavy atom. The van der Waals surface area contributed by atoms with Gasteiger partial charge in [-0.2, -0.15) is 0 Å². The van der Waals surface area contributed by atoms with Crippen LogP contribution in [-0.2, 0) is 30.8 Å². The molecule has 4 aromatic rings. The van der Waals surface area contributed by atoms with Crippen molar-refractivity contribution in [3.8, 4) is 11.1 Å². The molecule has 224 valence electrons. The van der Waals surface area contributed by atoms with E-state index in [4.69, 9.17) is 9.88 Å². The van der Waals surface area contributed by atoms with Crippen LogP contribution in [0.25, 0.3) is 11.1 Å². The van der Waals surface area contributed by atoms with E-state index in [1.807, 2.05) is 42.5 Å². The van der Waals surface area contributed by atoms with E-state index in [0.717, 1.165) is 21.6 Å². The number of ketones is 1.